The molecule has 0 spiro atoms. The minimum absolute atomic E-state index is 0.0634. The highest BCUT2D eigenvalue weighted by atomic mass is 16.5. The van der Waals surface area contributed by atoms with Gasteiger partial charge in [-0.25, -0.2) is 14.4 Å². The first-order valence-electron chi connectivity index (χ1n) is 17.7. The first kappa shape index (κ1) is 38.7. The van der Waals surface area contributed by atoms with Crippen molar-refractivity contribution in [2.45, 2.75) is 162 Å². The average Bonchev–Trinajstić information content (AvgIpc) is 3.02. The summed E-state index contributed by atoms with van der Waals surface area (Å²) in [6.07, 6.45) is 25.0. The zero-order valence-corrected chi connectivity index (χ0v) is 27.9. The lowest BCUT2D eigenvalue weighted by atomic mass is 10.0. The molecule has 0 aliphatic rings. The molecular weight excluding hydrogens is 540 g/mol. The van der Waals surface area contributed by atoms with Crippen molar-refractivity contribution in [3.05, 3.63) is 34.9 Å². The van der Waals surface area contributed by atoms with E-state index in [0.29, 0.717) is 13.2 Å². The molecule has 0 aliphatic heterocycles. The maximum atomic E-state index is 13.0. The Morgan fingerprint density at radius 1 is 0.419 bits per heavy atom. The molecule has 0 bridgehead atoms. The van der Waals surface area contributed by atoms with Gasteiger partial charge in [-0.2, -0.15) is 0 Å². The monoisotopic (exact) mass is 602 g/mol. The summed E-state index contributed by atoms with van der Waals surface area (Å²) in [5.41, 5.74) is 0.436. The predicted octanol–water partition coefficient (Wildman–Crippen LogP) is 10.8. The Balaban J connectivity index is 2.65. The van der Waals surface area contributed by atoms with Gasteiger partial charge in [0, 0.05) is 0 Å². The fourth-order valence-electron chi connectivity index (χ4n) is 5.11. The van der Waals surface area contributed by atoms with Crippen molar-refractivity contribution in [1.29, 1.82) is 0 Å². The summed E-state index contributed by atoms with van der Waals surface area (Å²) in [5.74, 6) is -1.66. The van der Waals surface area contributed by atoms with Crippen LogP contribution in [0.15, 0.2) is 18.2 Å². The third kappa shape index (κ3) is 19.5. The van der Waals surface area contributed by atoms with Crippen LogP contribution in [0.1, 0.15) is 193 Å². The summed E-state index contributed by atoms with van der Waals surface area (Å²) in [4.78, 5) is 38.7. The second-order valence-electron chi connectivity index (χ2n) is 11.9. The molecule has 0 amide bonds. The van der Waals surface area contributed by atoms with Crippen molar-refractivity contribution < 1.29 is 28.6 Å². The van der Waals surface area contributed by atoms with Crippen LogP contribution in [0.4, 0.5) is 0 Å². The molecule has 6 heteroatoms. The number of rotatable bonds is 28. The molecule has 0 fully saturated rings. The number of hydrogen-bond acceptors (Lipinski definition) is 6. The summed E-state index contributed by atoms with van der Waals surface area (Å²) in [6.45, 7) is 7.54. The van der Waals surface area contributed by atoms with E-state index in [4.69, 9.17) is 14.2 Å². The highest BCUT2D eigenvalue weighted by Gasteiger charge is 2.22. The highest BCUT2D eigenvalue weighted by Crippen LogP contribution is 2.18. The van der Waals surface area contributed by atoms with Crippen LogP contribution in [0.3, 0.4) is 0 Å². The van der Waals surface area contributed by atoms with E-state index < -0.39 is 17.9 Å². The number of unbranched alkanes of at least 4 members (excludes halogenated alkanes) is 19. The van der Waals surface area contributed by atoms with Crippen LogP contribution in [-0.4, -0.2) is 37.7 Å². The van der Waals surface area contributed by atoms with Crippen LogP contribution >= 0.6 is 0 Å². The van der Waals surface area contributed by atoms with Crippen molar-refractivity contribution >= 4 is 17.9 Å². The standard InChI is InChI=1S/C37H62O6/c1-4-7-10-13-16-18-21-23-28-41-35(38)32-26-27-33(36(39)42-29-25-22-19-17-14-11-8-5-2)34(31-32)37(40)43-30-24-20-15-12-9-6-3/h26-27,31H,4-25,28-30H2,1-3H3. The predicted molar refractivity (Wildman–Crippen MR) is 176 cm³/mol. The van der Waals surface area contributed by atoms with Crippen LogP contribution in [0.5, 0.6) is 0 Å². The van der Waals surface area contributed by atoms with Gasteiger partial charge in [0.15, 0.2) is 0 Å². The number of carbonyl (C=O) groups is 3. The number of esters is 3. The summed E-state index contributed by atoms with van der Waals surface area (Å²) >= 11 is 0. The summed E-state index contributed by atoms with van der Waals surface area (Å²) < 4.78 is 16.5. The van der Waals surface area contributed by atoms with E-state index >= 15 is 0 Å². The SMILES string of the molecule is CCCCCCCCCCOC(=O)c1ccc(C(=O)OCCCCCCCCCC)c(C(=O)OCCCCCCCC)c1. The van der Waals surface area contributed by atoms with Crippen molar-refractivity contribution in [2.75, 3.05) is 19.8 Å². The highest BCUT2D eigenvalue weighted by molar-refractivity contribution is 6.05. The molecule has 6 nitrogen and oxygen atoms in total. The van der Waals surface area contributed by atoms with E-state index in [2.05, 4.69) is 20.8 Å². The lowest BCUT2D eigenvalue weighted by Crippen LogP contribution is -2.17. The van der Waals surface area contributed by atoms with E-state index in [1.54, 1.807) is 0 Å². The van der Waals surface area contributed by atoms with Gasteiger partial charge < -0.3 is 14.2 Å². The minimum Gasteiger partial charge on any atom is -0.462 e. The van der Waals surface area contributed by atoms with Gasteiger partial charge in [-0.05, 0) is 37.5 Å². The first-order valence-corrected chi connectivity index (χ1v) is 17.7. The lowest BCUT2D eigenvalue weighted by Gasteiger charge is -2.12. The molecular formula is C37H62O6. The molecule has 0 unspecified atom stereocenters. The molecule has 1 aromatic carbocycles. The molecule has 0 saturated carbocycles. The maximum Gasteiger partial charge on any atom is 0.339 e. The van der Waals surface area contributed by atoms with Crippen LogP contribution in [0, 0.1) is 0 Å². The van der Waals surface area contributed by atoms with Crippen LogP contribution in [-0.2, 0) is 14.2 Å². The fourth-order valence-corrected chi connectivity index (χ4v) is 5.11. The van der Waals surface area contributed by atoms with Crippen molar-refractivity contribution in [3.63, 3.8) is 0 Å². The van der Waals surface area contributed by atoms with E-state index in [9.17, 15) is 14.4 Å². The molecule has 0 N–H and O–H groups in total. The smallest absolute Gasteiger partial charge is 0.339 e. The minimum atomic E-state index is -0.606. The maximum absolute atomic E-state index is 13.0. The molecule has 0 atom stereocenters. The Kier molecular flexibility index (Phi) is 24.4. The summed E-state index contributed by atoms with van der Waals surface area (Å²) in [7, 11) is 0. The average molecular weight is 603 g/mol. The molecule has 0 aliphatic carbocycles. The summed E-state index contributed by atoms with van der Waals surface area (Å²) in [5, 5.41) is 0. The molecule has 0 radical (unpaired) electrons. The second-order valence-corrected chi connectivity index (χ2v) is 11.9. The van der Waals surface area contributed by atoms with Crippen LogP contribution in [0.25, 0.3) is 0 Å². The quantitative estimate of drug-likeness (QED) is 0.0539. The second kappa shape index (κ2) is 27.2. The Bertz CT molecular complexity index is 865. The van der Waals surface area contributed by atoms with Crippen molar-refractivity contribution in [3.8, 4) is 0 Å². The zero-order valence-electron chi connectivity index (χ0n) is 27.9. The molecule has 1 rings (SSSR count). The lowest BCUT2D eigenvalue weighted by molar-refractivity contribution is 0.0448. The summed E-state index contributed by atoms with van der Waals surface area (Å²) in [6, 6.07) is 4.45. The molecule has 1 aromatic rings. The Hall–Kier alpha value is -2.37. The zero-order chi connectivity index (χ0) is 31.4. The van der Waals surface area contributed by atoms with Gasteiger partial charge in [0.1, 0.15) is 0 Å². The number of benzene rings is 1. The van der Waals surface area contributed by atoms with Gasteiger partial charge in [0.05, 0.1) is 36.5 Å². The Morgan fingerprint density at radius 2 is 0.744 bits per heavy atom. The number of ether oxygens (including phenoxy) is 3. The normalized spacial score (nSPS) is 11.0. The Labute approximate surface area is 263 Å². The fraction of sp³-hybridized carbons (Fsp3) is 0.757. The first-order chi connectivity index (χ1) is 21.0. The van der Waals surface area contributed by atoms with Gasteiger partial charge >= 0.3 is 17.9 Å². The van der Waals surface area contributed by atoms with Crippen molar-refractivity contribution in [2.24, 2.45) is 0 Å². The van der Waals surface area contributed by atoms with Gasteiger partial charge in [-0.15, -0.1) is 0 Å². The Morgan fingerprint density at radius 3 is 1.14 bits per heavy atom. The van der Waals surface area contributed by atoms with Crippen molar-refractivity contribution in [1.82, 2.24) is 0 Å². The van der Waals surface area contributed by atoms with Gasteiger partial charge in [0.25, 0.3) is 0 Å². The number of carbonyl (C=O) groups excluding carboxylic acids is 3. The van der Waals surface area contributed by atoms with Crippen LogP contribution in [0.2, 0.25) is 0 Å². The molecule has 0 heterocycles. The van der Waals surface area contributed by atoms with Gasteiger partial charge in [0.2, 0.25) is 0 Å². The van der Waals surface area contributed by atoms with E-state index in [1.165, 1.54) is 102 Å². The molecule has 43 heavy (non-hydrogen) atoms. The largest absolute Gasteiger partial charge is 0.462 e. The van der Waals surface area contributed by atoms with E-state index in [-0.39, 0.29) is 23.3 Å². The molecule has 246 valence electrons. The van der Waals surface area contributed by atoms with Gasteiger partial charge in [-0.3, -0.25) is 0 Å². The molecule has 0 saturated heterocycles. The van der Waals surface area contributed by atoms with E-state index in [0.717, 1.165) is 57.8 Å². The third-order valence-electron chi connectivity index (χ3n) is 7.89. The van der Waals surface area contributed by atoms with E-state index in [1.807, 2.05) is 0 Å². The topological polar surface area (TPSA) is 78.9 Å². The van der Waals surface area contributed by atoms with Gasteiger partial charge in [-0.1, -0.05) is 143 Å². The third-order valence-corrected chi connectivity index (χ3v) is 7.89. The van der Waals surface area contributed by atoms with Crippen LogP contribution < -0.4 is 0 Å². The molecule has 0 aromatic heterocycles. The number of hydrogen-bond donors (Lipinski definition) is 0.